The highest BCUT2D eigenvalue weighted by Gasteiger charge is 2.17. The quantitative estimate of drug-likeness (QED) is 0.683. The molecule has 0 spiro atoms. The molecule has 0 atom stereocenters. The summed E-state index contributed by atoms with van der Waals surface area (Å²) in [4.78, 5) is 1.86. The number of rotatable bonds is 6. The number of anilines is 1. The van der Waals surface area contributed by atoms with Gasteiger partial charge in [-0.15, -0.1) is 15.3 Å². The van der Waals surface area contributed by atoms with E-state index in [4.69, 9.17) is 4.74 Å². The lowest BCUT2D eigenvalue weighted by Gasteiger charge is -2.19. The molecular formula is C17H19F2N5O. The SMILES string of the molecule is CC(C)Oc1cccc(CN(C)c2ccc3nnc(C(F)F)n3n2)c1. The standard InChI is InChI=1S/C17H19F2N5O/c1-11(2)25-13-6-4-5-12(9-13)10-23(3)15-8-7-14-20-21-17(16(18)19)24(14)22-15/h4-9,11,16H,10H2,1-3H3. The molecule has 0 saturated carbocycles. The lowest BCUT2D eigenvalue weighted by molar-refractivity contribution is 0.137. The molecule has 0 amide bonds. The van der Waals surface area contributed by atoms with Crippen LogP contribution in [-0.4, -0.2) is 33.0 Å². The van der Waals surface area contributed by atoms with Crippen LogP contribution >= 0.6 is 0 Å². The molecule has 0 bridgehead atoms. The second kappa shape index (κ2) is 7.00. The minimum atomic E-state index is -2.73. The Morgan fingerprint density at radius 3 is 2.68 bits per heavy atom. The molecule has 3 aromatic rings. The van der Waals surface area contributed by atoms with E-state index < -0.39 is 12.2 Å². The van der Waals surface area contributed by atoms with Crippen LogP contribution in [0.3, 0.4) is 0 Å². The number of ether oxygens (including phenoxy) is 1. The zero-order chi connectivity index (χ0) is 18.0. The Kier molecular flexibility index (Phi) is 4.78. The van der Waals surface area contributed by atoms with E-state index in [1.807, 2.05) is 50.1 Å². The summed E-state index contributed by atoms with van der Waals surface area (Å²) in [6.07, 6.45) is -2.63. The molecule has 0 saturated heterocycles. The number of fused-ring (bicyclic) bond motifs is 1. The average molecular weight is 347 g/mol. The van der Waals surface area contributed by atoms with Crippen molar-refractivity contribution in [1.29, 1.82) is 0 Å². The molecule has 8 heteroatoms. The van der Waals surface area contributed by atoms with E-state index in [2.05, 4.69) is 15.3 Å². The third kappa shape index (κ3) is 3.84. The van der Waals surface area contributed by atoms with Crippen molar-refractivity contribution in [2.24, 2.45) is 0 Å². The third-order valence-corrected chi connectivity index (χ3v) is 3.55. The normalized spacial score (nSPS) is 11.5. The summed E-state index contributed by atoms with van der Waals surface area (Å²) < 4.78 is 32.7. The van der Waals surface area contributed by atoms with Gasteiger partial charge in [0.1, 0.15) is 11.6 Å². The van der Waals surface area contributed by atoms with Gasteiger partial charge in [-0.05, 0) is 43.7 Å². The summed E-state index contributed by atoms with van der Waals surface area (Å²) in [5.41, 5.74) is 1.32. The van der Waals surface area contributed by atoms with Gasteiger partial charge >= 0.3 is 0 Å². The number of alkyl halides is 2. The summed E-state index contributed by atoms with van der Waals surface area (Å²) >= 11 is 0. The molecule has 0 aliphatic rings. The summed E-state index contributed by atoms with van der Waals surface area (Å²) in [6.45, 7) is 4.50. The Balaban J connectivity index is 1.82. The monoisotopic (exact) mass is 347 g/mol. The van der Waals surface area contributed by atoms with Crippen molar-refractivity contribution in [3.8, 4) is 5.75 Å². The Morgan fingerprint density at radius 2 is 1.96 bits per heavy atom. The zero-order valence-corrected chi connectivity index (χ0v) is 14.2. The molecule has 132 valence electrons. The number of nitrogens with zero attached hydrogens (tertiary/aromatic N) is 5. The first-order chi connectivity index (χ1) is 11.9. The molecule has 3 rings (SSSR count). The Bertz CT molecular complexity index is 865. The van der Waals surface area contributed by atoms with Gasteiger partial charge in [-0.1, -0.05) is 12.1 Å². The van der Waals surface area contributed by atoms with E-state index >= 15 is 0 Å². The van der Waals surface area contributed by atoms with Crippen LogP contribution < -0.4 is 9.64 Å². The molecular weight excluding hydrogens is 328 g/mol. The fraction of sp³-hybridized carbons (Fsp3) is 0.353. The first-order valence-electron chi connectivity index (χ1n) is 7.91. The predicted octanol–water partition coefficient (Wildman–Crippen LogP) is 3.49. The Morgan fingerprint density at radius 1 is 1.16 bits per heavy atom. The van der Waals surface area contributed by atoms with E-state index in [0.717, 1.165) is 15.8 Å². The second-order valence-corrected chi connectivity index (χ2v) is 5.99. The summed E-state index contributed by atoms with van der Waals surface area (Å²) in [7, 11) is 1.84. The molecule has 1 aromatic carbocycles. The van der Waals surface area contributed by atoms with E-state index in [0.29, 0.717) is 18.0 Å². The van der Waals surface area contributed by atoms with Gasteiger partial charge in [-0.3, -0.25) is 0 Å². The van der Waals surface area contributed by atoms with Crippen molar-refractivity contribution in [2.75, 3.05) is 11.9 Å². The van der Waals surface area contributed by atoms with Gasteiger partial charge in [0, 0.05) is 13.6 Å². The molecule has 0 N–H and O–H groups in total. The lowest BCUT2D eigenvalue weighted by Crippen LogP contribution is -2.19. The minimum Gasteiger partial charge on any atom is -0.491 e. The largest absolute Gasteiger partial charge is 0.491 e. The highest BCUT2D eigenvalue weighted by atomic mass is 19.3. The van der Waals surface area contributed by atoms with Crippen LogP contribution in [-0.2, 0) is 6.54 Å². The molecule has 0 unspecified atom stereocenters. The first kappa shape index (κ1) is 17.1. The number of aromatic nitrogens is 4. The fourth-order valence-corrected chi connectivity index (χ4v) is 2.48. The average Bonchev–Trinajstić information content (AvgIpc) is 2.97. The molecule has 0 aliphatic carbocycles. The summed E-state index contributed by atoms with van der Waals surface area (Å²) in [5, 5.41) is 11.4. The maximum Gasteiger partial charge on any atom is 0.299 e. The minimum absolute atomic E-state index is 0.0959. The highest BCUT2D eigenvalue weighted by molar-refractivity contribution is 5.46. The molecule has 0 radical (unpaired) electrons. The van der Waals surface area contributed by atoms with E-state index in [1.54, 1.807) is 12.1 Å². The second-order valence-electron chi connectivity index (χ2n) is 5.99. The van der Waals surface area contributed by atoms with Gasteiger partial charge in [0.05, 0.1) is 6.10 Å². The van der Waals surface area contributed by atoms with Gasteiger partial charge in [-0.2, -0.15) is 4.52 Å². The number of halogens is 2. The topological polar surface area (TPSA) is 55.5 Å². The van der Waals surface area contributed by atoms with E-state index in [1.165, 1.54) is 0 Å². The van der Waals surface area contributed by atoms with E-state index in [-0.39, 0.29) is 6.10 Å². The Labute approximate surface area is 144 Å². The van der Waals surface area contributed by atoms with Crippen molar-refractivity contribution in [2.45, 2.75) is 32.9 Å². The number of hydrogen-bond donors (Lipinski definition) is 0. The molecule has 6 nitrogen and oxygen atoms in total. The van der Waals surface area contributed by atoms with Crippen LogP contribution in [0.1, 0.15) is 31.7 Å². The molecule has 2 heterocycles. The number of hydrogen-bond acceptors (Lipinski definition) is 5. The zero-order valence-electron chi connectivity index (χ0n) is 14.2. The van der Waals surface area contributed by atoms with Crippen LogP contribution in [0.15, 0.2) is 36.4 Å². The van der Waals surface area contributed by atoms with Crippen molar-refractivity contribution >= 4 is 11.5 Å². The van der Waals surface area contributed by atoms with Crippen molar-refractivity contribution in [1.82, 2.24) is 19.8 Å². The van der Waals surface area contributed by atoms with Gasteiger partial charge < -0.3 is 9.64 Å². The van der Waals surface area contributed by atoms with Crippen LogP contribution in [0.25, 0.3) is 5.65 Å². The summed E-state index contributed by atoms with van der Waals surface area (Å²) in [5.74, 6) is 0.880. The number of benzene rings is 1. The maximum atomic E-state index is 13.0. The molecule has 0 fully saturated rings. The first-order valence-corrected chi connectivity index (χ1v) is 7.91. The van der Waals surface area contributed by atoms with Crippen molar-refractivity contribution in [3.05, 3.63) is 47.8 Å². The van der Waals surface area contributed by atoms with Crippen LogP contribution in [0.2, 0.25) is 0 Å². The van der Waals surface area contributed by atoms with E-state index in [9.17, 15) is 8.78 Å². The van der Waals surface area contributed by atoms with Gasteiger partial charge in [-0.25, -0.2) is 8.78 Å². The maximum absolute atomic E-state index is 13.0. The van der Waals surface area contributed by atoms with Gasteiger partial charge in [0.2, 0.25) is 5.82 Å². The lowest BCUT2D eigenvalue weighted by atomic mass is 10.2. The highest BCUT2D eigenvalue weighted by Crippen LogP contribution is 2.21. The Hall–Kier alpha value is -2.77. The molecule has 25 heavy (non-hydrogen) atoms. The van der Waals surface area contributed by atoms with Gasteiger partial charge in [0.25, 0.3) is 6.43 Å². The van der Waals surface area contributed by atoms with Crippen molar-refractivity contribution < 1.29 is 13.5 Å². The summed E-state index contributed by atoms with van der Waals surface area (Å²) in [6, 6.07) is 11.1. The van der Waals surface area contributed by atoms with Crippen LogP contribution in [0.4, 0.5) is 14.6 Å². The fourth-order valence-electron chi connectivity index (χ4n) is 2.48. The predicted molar refractivity (Wildman–Crippen MR) is 90.1 cm³/mol. The van der Waals surface area contributed by atoms with Gasteiger partial charge in [0.15, 0.2) is 5.65 Å². The smallest absolute Gasteiger partial charge is 0.299 e. The van der Waals surface area contributed by atoms with Crippen LogP contribution in [0.5, 0.6) is 5.75 Å². The molecule has 0 aliphatic heterocycles. The van der Waals surface area contributed by atoms with Crippen LogP contribution in [0, 0.1) is 0 Å². The third-order valence-electron chi connectivity index (χ3n) is 3.55. The van der Waals surface area contributed by atoms with Crippen molar-refractivity contribution in [3.63, 3.8) is 0 Å². The molecule has 2 aromatic heterocycles.